The molecule has 0 spiro atoms. The van der Waals surface area contributed by atoms with Crippen LogP contribution in [-0.4, -0.2) is 68.4 Å². The van der Waals surface area contributed by atoms with Crippen molar-refractivity contribution < 1.29 is 14.3 Å². The molecule has 34 heavy (non-hydrogen) atoms. The number of azide groups is 1. The van der Waals surface area contributed by atoms with Crippen LogP contribution in [-0.2, 0) is 0 Å². The Morgan fingerprint density at radius 3 is 2.68 bits per heavy atom. The summed E-state index contributed by atoms with van der Waals surface area (Å²) >= 11 is 0. The molecule has 0 radical (unpaired) electrons. The first kappa shape index (κ1) is 22.7. The minimum absolute atomic E-state index is 0.0767. The molecule has 1 N–H and O–H groups in total. The Labute approximate surface area is 193 Å². The first-order chi connectivity index (χ1) is 16.4. The number of halogens is 1. The van der Waals surface area contributed by atoms with E-state index in [4.69, 9.17) is 10.8 Å². The Morgan fingerprint density at radius 2 is 2.03 bits per heavy atom. The van der Waals surface area contributed by atoms with Gasteiger partial charge >= 0.3 is 0 Å². The average Bonchev–Trinajstić information content (AvgIpc) is 3.24. The van der Waals surface area contributed by atoms with Crippen LogP contribution >= 0.6 is 0 Å². The van der Waals surface area contributed by atoms with Gasteiger partial charge in [0.15, 0.2) is 5.82 Å². The summed E-state index contributed by atoms with van der Waals surface area (Å²) in [5.74, 6) is -0.812. The largest absolute Gasteiger partial charge is 0.493 e. The van der Waals surface area contributed by atoms with Crippen LogP contribution in [0.15, 0.2) is 41.8 Å². The van der Waals surface area contributed by atoms with Gasteiger partial charge in [0.1, 0.15) is 11.9 Å². The van der Waals surface area contributed by atoms with Crippen molar-refractivity contribution in [2.75, 3.05) is 32.8 Å². The first-order valence-electron chi connectivity index (χ1n) is 10.4. The van der Waals surface area contributed by atoms with E-state index < -0.39 is 5.82 Å². The number of amides is 1. The molecule has 1 amide bonds. The standard InChI is InChI=1S/C22H20FN9O2/c1-14-8-16(10-24)19(23)9-17(14)18-12-28-32(22(18)34)20-3-2-15(11-26-20)21(33)31-6-4-30(5-7-31)13-27-29-25/h2-3,8-9,11-12,34H,4-7,13H2,1H3. The van der Waals surface area contributed by atoms with E-state index >= 15 is 0 Å². The van der Waals surface area contributed by atoms with Gasteiger partial charge in [-0.1, -0.05) is 5.11 Å². The van der Waals surface area contributed by atoms with Crippen LogP contribution in [0.5, 0.6) is 5.88 Å². The smallest absolute Gasteiger partial charge is 0.255 e. The van der Waals surface area contributed by atoms with E-state index in [1.165, 1.54) is 29.2 Å². The number of aromatic nitrogens is 3. The molecular formula is C22H20FN9O2. The van der Waals surface area contributed by atoms with E-state index in [1.54, 1.807) is 30.0 Å². The second kappa shape index (κ2) is 9.58. The number of carbonyl (C=O) groups is 1. The van der Waals surface area contributed by atoms with Gasteiger partial charge in [-0.05, 0) is 47.8 Å². The second-order valence-corrected chi connectivity index (χ2v) is 7.74. The zero-order chi connectivity index (χ0) is 24.2. The number of piperazine rings is 1. The van der Waals surface area contributed by atoms with Crippen LogP contribution in [0.4, 0.5) is 4.39 Å². The van der Waals surface area contributed by atoms with Crippen molar-refractivity contribution in [2.24, 2.45) is 5.11 Å². The number of hydrogen-bond acceptors (Lipinski definition) is 7. The Morgan fingerprint density at radius 1 is 1.26 bits per heavy atom. The summed E-state index contributed by atoms with van der Waals surface area (Å²) in [5.41, 5.74) is 10.1. The third-order valence-electron chi connectivity index (χ3n) is 5.67. The van der Waals surface area contributed by atoms with Crippen LogP contribution in [0.1, 0.15) is 21.5 Å². The van der Waals surface area contributed by atoms with Crippen molar-refractivity contribution >= 4 is 5.91 Å². The van der Waals surface area contributed by atoms with Crippen molar-refractivity contribution in [1.82, 2.24) is 24.6 Å². The van der Waals surface area contributed by atoms with Gasteiger partial charge in [0.25, 0.3) is 5.91 Å². The number of benzene rings is 1. The van der Waals surface area contributed by atoms with E-state index in [9.17, 15) is 14.3 Å². The van der Waals surface area contributed by atoms with Gasteiger partial charge < -0.3 is 10.0 Å². The molecule has 1 saturated heterocycles. The number of carbonyl (C=O) groups excluding carboxylic acids is 1. The Balaban J connectivity index is 1.51. The summed E-state index contributed by atoms with van der Waals surface area (Å²) in [5, 5.41) is 27.4. The number of nitrogens with zero attached hydrogens (tertiary/aromatic N) is 9. The molecule has 0 atom stereocenters. The molecule has 12 heteroatoms. The third-order valence-corrected chi connectivity index (χ3v) is 5.67. The van der Waals surface area contributed by atoms with Gasteiger partial charge in [-0.25, -0.2) is 9.37 Å². The van der Waals surface area contributed by atoms with E-state index in [-0.39, 0.29) is 29.8 Å². The molecule has 3 aromatic rings. The molecule has 1 aromatic carbocycles. The van der Waals surface area contributed by atoms with Gasteiger partial charge in [0.05, 0.1) is 29.6 Å². The summed E-state index contributed by atoms with van der Waals surface area (Å²) in [6.07, 6.45) is 2.80. The first-order valence-corrected chi connectivity index (χ1v) is 10.4. The average molecular weight is 461 g/mol. The maximum atomic E-state index is 14.1. The highest BCUT2D eigenvalue weighted by molar-refractivity contribution is 5.94. The lowest BCUT2D eigenvalue weighted by atomic mass is 10.0. The normalized spacial score (nSPS) is 13.9. The van der Waals surface area contributed by atoms with E-state index in [1.807, 2.05) is 4.90 Å². The zero-order valence-electron chi connectivity index (χ0n) is 18.3. The SMILES string of the molecule is Cc1cc(C#N)c(F)cc1-c1cnn(-c2ccc(C(=O)N3CCN(CN=[N+]=[N-])CC3)cn2)c1O. The molecular weight excluding hydrogens is 441 g/mol. The molecule has 1 aliphatic heterocycles. The summed E-state index contributed by atoms with van der Waals surface area (Å²) in [6, 6.07) is 7.56. The number of nitriles is 1. The van der Waals surface area contributed by atoms with Crippen molar-refractivity contribution in [3.05, 3.63) is 69.6 Å². The van der Waals surface area contributed by atoms with Crippen molar-refractivity contribution in [1.29, 1.82) is 5.26 Å². The molecule has 0 saturated carbocycles. The molecule has 11 nitrogen and oxygen atoms in total. The second-order valence-electron chi connectivity index (χ2n) is 7.74. The summed E-state index contributed by atoms with van der Waals surface area (Å²) in [4.78, 5) is 23.5. The fourth-order valence-electron chi connectivity index (χ4n) is 3.79. The number of rotatable bonds is 5. The van der Waals surface area contributed by atoms with Gasteiger partial charge in [0.2, 0.25) is 5.88 Å². The zero-order valence-corrected chi connectivity index (χ0v) is 18.3. The monoisotopic (exact) mass is 461 g/mol. The quantitative estimate of drug-likeness (QED) is 0.351. The predicted molar refractivity (Wildman–Crippen MR) is 119 cm³/mol. The Hall–Kier alpha value is -4.46. The summed E-state index contributed by atoms with van der Waals surface area (Å²) in [6.45, 7) is 4.21. The van der Waals surface area contributed by atoms with Crippen LogP contribution in [0, 0.1) is 24.1 Å². The molecule has 3 heterocycles. The Kier molecular flexibility index (Phi) is 6.40. The number of pyridine rings is 1. The van der Waals surface area contributed by atoms with Gasteiger partial charge in [-0.15, -0.1) is 0 Å². The Bertz CT molecular complexity index is 1320. The molecule has 172 valence electrons. The maximum Gasteiger partial charge on any atom is 0.255 e. The topological polar surface area (TPSA) is 147 Å². The van der Waals surface area contributed by atoms with Gasteiger partial charge in [0, 0.05) is 37.3 Å². The molecule has 1 aliphatic rings. The summed E-state index contributed by atoms with van der Waals surface area (Å²) in [7, 11) is 0. The van der Waals surface area contributed by atoms with Crippen molar-refractivity contribution in [2.45, 2.75) is 6.92 Å². The minimum atomic E-state index is -0.685. The number of aromatic hydroxyl groups is 1. The highest BCUT2D eigenvalue weighted by atomic mass is 19.1. The van der Waals surface area contributed by atoms with Crippen LogP contribution in [0.25, 0.3) is 27.4 Å². The van der Waals surface area contributed by atoms with E-state index in [0.717, 1.165) is 0 Å². The lowest BCUT2D eigenvalue weighted by Crippen LogP contribution is -2.48. The number of hydrogen-bond donors (Lipinski definition) is 1. The summed E-state index contributed by atoms with van der Waals surface area (Å²) < 4.78 is 15.3. The van der Waals surface area contributed by atoms with E-state index in [0.29, 0.717) is 48.4 Å². The minimum Gasteiger partial charge on any atom is -0.493 e. The molecule has 4 rings (SSSR count). The highest BCUT2D eigenvalue weighted by Crippen LogP contribution is 2.34. The van der Waals surface area contributed by atoms with Crippen LogP contribution in [0.3, 0.4) is 0 Å². The highest BCUT2D eigenvalue weighted by Gasteiger charge is 2.23. The predicted octanol–water partition coefficient (Wildman–Crippen LogP) is 2.98. The lowest BCUT2D eigenvalue weighted by molar-refractivity contribution is 0.0640. The molecule has 0 bridgehead atoms. The van der Waals surface area contributed by atoms with Crippen molar-refractivity contribution in [3.63, 3.8) is 0 Å². The van der Waals surface area contributed by atoms with Crippen molar-refractivity contribution in [3.8, 4) is 28.9 Å². The maximum absolute atomic E-state index is 14.1. The van der Waals surface area contributed by atoms with E-state index in [2.05, 4.69) is 20.1 Å². The number of aryl methyl sites for hydroxylation is 1. The molecule has 2 aromatic heterocycles. The third kappa shape index (κ3) is 4.38. The van der Waals surface area contributed by atoms with Crippen LogP contribution < -0.4 is 0 Å². The fraction of sp³-hybridized carbons (Fsp3) is 0.273. The molecule has 0 unspecified atom stereocenters. The fourth-order valence-corrected chi connectivity index (χ4v) is 3.79. The van der Waals surface area contributed by atoms with Crippen LogP contribution in [0.2, 0.25) is 0 Å². The lowest BCUT2D eigenvalue weighted by Gasteiger charge is -2.33. The molecule has 0 aliphatic carbocycles. The van der Waals surface area contributed by atoms with Gasteiger partial charge in [-0.2, -0.15) is 15.0 Å². The van der Waals surface area contributed by atoms with Gasteiger partial charge in [-0.3, -0.25) is 9.69 Å². The molecule has 1 fully saturated rings.